The van der Waals surface area contributed by atoms with E-state index in [-0.39, 0.29) is 11.8 Å². The van der Waals surface area contributed by atoms with Gasteiger partial charge in [-0.05, 0) is 17.5 Å². The highest BCUT2D eigenvalue weighted by molar-refractivity contribution is 7.13. The Balaban J connectivity index is 1.35. The fourth-order valence-electron chi connectivity index (χ4n) is 3.58. The topological polar surface area (TPSA) is 42.0 Å². The largest absolute Gasteiger partial charge is 0.356 e. The van der Waals surface area contributed by atoms with E-state index in [4.69, 9.17) is 0 Å². The minimum absolute atomic E-state index is 0.0137. The normalized spacial score (nSPS) is 10.8. The van der Waals surface area contributed by atoms with Gasteiger partial charge in [0.2, 0.25) is 5.91 Å². The van der Waals surface area contributed by atoms with Crippen LogP contribution < -0.4 is 5.32 Å². The third-order valence-corrected chi connectivity index (χ3v) is 6.01. The van der Waals surface area contributed by atoms with Crippen LogP contribution in [0, 0.1) is 0 Å². The third-order valence-electron chi connectivity index (χ3n) is 5.07. The van der Waals surface area contributed by atoms with Crippen LogP contribution in [0.3, 0.4) is 0 Å². The highest BCUT2D eigenvalue weighted by atomic mass is 32.1. The minimum atomic E-state index is 0.0137. The molecule has 0 bridgehead atoms. The zero-order valence-corrected chi connectivity index (χ0v) is 17.5. The van der Waals surface area contributed by atoms with E-state index in [1.165, 1.54) is 11.1 Å². The summed E-state index contributed by atoms with van der Waals surface area (Å²) >= 11 is 1.58. The molecular weight excluding hydrogens is 388 g/mol. The molecule has 150 valence electrons. The molecule has 0 aliphatic carbocycles. The molecule has 3 aromatic carbocycles. The lowest BCUT2D eigenvalue weighted by Gasteiger charge is -2.18. The summed E-state index contributed by atoms with van der Waals surface area (Å²) in [7, 11) is 0. The molecule has 0 radical (unpaired) electrons. The van der Waals surface area contributed by atoms with Gasteiger partial charge in [0, 0.05) is 23.4 Å². The van der Waals surface area contributed by atoms with Gasteiger partial charge in [0.25, 0.3) is 0 Å². The maximum atomic E-state index is 12.5. The predicted octanol–water partition coefficient (Wildman–Crippen LogP) is 5.69. The summed E-state index contributed by atoms with van der Waals surface area (Å²) in [4.78, 5) is 17.1. The van der Waals surface area contributed by atoms with E-state index in [1.807, 2.05) is 47.8 Å². The van der Waals surface area contributed by atoms with Crippen molar-refractivity contribution in [1.29, 1.82) is 0 Å². The first-order valence-corrected chi connectivity index (χ1v) is 11.0. The molecule has 0 unspecified atom stereocenters. The molecule has 1 aromatic heterocycles. The van der Waals surface area contributed by atoms with Crippen LogP contribution in [0.1, 0.15) is 29.2 Å². The van der Waals surface area contributed by atoms with Crippen molar-refractivity contribution < 1.29 is 4.79 Å². The van der Waals surface area contributed by atoms with Gasteiger partial charge in [-0.25, -0.2) is 4.98 Å². The molecule has 0 atom stereocenters. The minimum Gasteiger partial charge on any atom is -0.356 e. The number of hydrogen-bond acceptors (Lipinski definition) is 3. The van der Waals surface area contributed by atoms with Gasteiger partial charge in [0.1, 0.15) is 5.01 Å². The number of rotatable bonds is 8. The molecule has 0 aliphatic rings. The van der Waals surface area contributed by atoms with Crippen molar-refractivity contribution in [3.05, 3.63) is 113 Å². The molecule has 1 heterocycles. The van der Waals surface area contributed by atoms with Crippen LogP contribution in [0.2, 0.25) is 0 Å². The second-order valence-corrected chi connectivity index (χ2v) is 8.06. The number of benzene rings is 3. The van der Waals surface area contributed by atoms with Crippen LogP contribution in [0.5, 0.6) is 0 Å². The Kier molecular flexibility index (Phi) is 6.68. The number of amides is 1. The van der Waals surface area contributed by atoms with Crippen LogP contribution in [0.4, 0.5) is 0 Å². The second-order valence-electron chi connectivity index (χ2n) is 7.20. The zero-order valence-electron chi connectivity index (χ0n) is 16.7. The average molecular weight is 413 g/mol. The van der Waals surface area contributed by atoms with Gasteiger partial charge >= 0.3 is 0 Å². The standard InChI is InChI=1S/C26H24N2OS/c29-25(18-23-19-30-26(28-23)22-14-8-3-9-15-22)27-17-16-24(20-10-4-1-5-11-20)21-12-6-2-7-13-21/h1-15,19,24H,16-18H2,(H,27,29). The fraction of sp³-hybridized carbons (Fsp3) is 0.154. The van der Waals surface area contributed by atoms with Gasteiger partial charge < -0.3 is 5.32 Å². The summed E-state index contributed by atoms with van der Waals surface area (Å²) < 4.78 is 0. The summed E-state index contributed by atoms with van der Waals surface area (Å²) in [6.07, 6.45) is 1.16. The molecule has 0 aliphatic heterocycles. The molecule has 4 heteroatoms. The first-order valence-electron chi connectivity index (χ1n) is 10.2. The lowest BCUT2D eigenvalue weighted by Crippen LogP contribution is -2.27. The number of nitrogens with one attached hydrogen (secondary N) is 1. The van der Waals surface area contributed by atoms with E-state index < -0.39 is 0 Å². The molecule has 4 rings (SSSR count). The molecule has 1 amide bonds. The lowest BCUT2D eigenvalue weighted by atomic mass is 9.88. The molecule has 3 nitrogen and oxygen atoms in total. The summed E-state index contributed by atoms with van der Waals surface area (Å²) in [5, 5.41) is 6.00. The van der Waals surface area contributed by atoms with Gasteiger partial charge in [0.05, 0.1) is 12.1 Å². The van der Waals surface area contributed by atoms with E-state index >= 15 is 0 Å². The van der Waals surface area contributed by atoms with Crippen molar-refractivity contribution >= 4 is 17.2 Å². The number of carbonyl (C=O) groups is 1. The molecular formula is C26H24N2OS. The van der Waals surface area contributed by atoms with Crippen molar-refractivity contribution in [2.75, 3.05) is 6.54 Å². The van der Waals surface area contributed by atoms with E-state index in [2.05, 4.69) is 58.8 Å². The smallest absolute Gasteiger partial charge is 0.226 e. The molecule has 1 N–H and O–H groups in total. The van der Waals surface area contributed by atoms with Gasteiger partial charge in [-0.1, -0.05) is 91.0 Å². The molecule has 4 aromatic rings. The highest BCUT2D eigenvalue weighted by Gasteiger charge is 2.15. The highest BCUT2D eigenvalue weighted by Crippen LogP contribution is 2.27. The van der Waals surface area contributed by atoms with E-state index in [9.17, 15) is 4.79 Å². The van der Waals surface area contributed by atoms with Crippen LogP contribution in [-0.4, -0.2) is 17.4 Å². The summed E-state index contributed by atoms with van der Waals surface area (Å²) in [6.45, 7) is 0.628. The Morgan fingerprint density at radius 3 is 2.00 bits per heavy atom. The van der Waals surface area contributed by atoms with Crippen molar-refractivity contribution in [3.63, 3.8) is 0 Å². The van der Waals surface area contributed by atoms with Crippen molar-refractivity contribution in [3.8, 4) is 10.6 Å². The lowest BCUT2D eigenvalue weighted by molar-refractivity contribution is -0.120. The van der Waals surface area contributed by atoms with E-state index in [1.54, 1.807) is 11.3 Å². The van der Waals surface area contributed by atoms with Gasteiger partial charge in [-0.3, -0.25) is 4.79 Å². The zero-order chi connectivity index (χ0) is 20.6. The summed E-state index contributed by atoms with van der Waals surface area (Å²) in [6, 6.07) is 31.0. The van der Waals surface area contributed by atoms with Gasteiger partial charge in [-0.15, -0.1) is 11.3 Å². The molecule has 0 spiro atoms. The number of hydrogen-bond donors (Lipinski definition) is 1. The first-order chi connectivity index (χ1) is 14.8. The van der Waals surface area contributed by atoms with E-state index in [0.717, 1.165) is 22.7 Å². The average Bonchev–Trinajstić information content (AvgIpc) is 3.27. The number of thiazole rings is 1. The van der Waals surface area contributed by atoms with Gasteiger partial charge in [-0.2, -0.15) is 0 Å². The first kappa shape index (κ1) is 20.0. The summed E-state index contributed by atoms with van der Waals surface area (Å²) in [5.41, 5.74) is 4.44. The van der Waals surface area contributed by atoms with Crippen LogP contribution >= 0.6 is 11.3 Å². The molecule has 30 heavy (non-hydrogen) atoms. The Morgan fingerprint density at radius 1 is 0.833 bits per heavy atom. The Bertz CT molecular complexity index is 1020. The Morgan fingerprint density at radius 2 is 1.40 bits per heavy atom. The predicted molar refractivity (Wildman–Crippen MR) is 124 cm³/mol. The Labute approximate surface area is 181 Å². The molecule has 0 saturated heterocycles. The molecule has 0 saturated carbocycles. The number of carbonyl (C=O) groups excluding carboxylic acids is 1. The maximum Gasteiger partial charge on any atom is 0.226 e. The number of aromatic nitrogens is 1. The third kappa shape index (κ3) is 5.22. The second kappa shape index (κ2) is 9.99. The van der Waals surface area contributed by atoms with E-state index in [0.29, 0.717) is 13.0 Å². The van der Waals surface area contributed by atoms with Crippen LogP contribution in [0.25, 0.3) is 10.6 Å². The maximum absolute atomic E-state index is 12.5. The SMILES string of the molecule is O=C(Cc1csc(-c2ccccc2)n1)NCCC(c1ccccc1)c1ccccc1. The number of nitrogens with zero attached hydrogens (tertiary/aromatic N) is 1. The van der Waals surface area contributed by atoms with Crippen molar-refractivity contribution in [2.24, 2.45) is 0 Å². The monoisotopic (exact) mass is 412 g/mol. The van der Waals surface area contributed by atoms with Crippen molar-refractivity contribution in [2.45, 2.75) is 18.8 Å². The van der Waals surface area contributed by atoms with Gasteiger partial charge in [0.15, 0.2) is 0 Å². The van der Waals surface area contributed by atoms with Crippen molar-refractivity contribution in [1.82, 2.24) is 10.3 Å². The van der Waals surface area contributed by atoms with Crippen LogP contribution in [-0.2, 0) is 11.2 Å². The Hall–Kier alpha value is -3.24. The fourth-order valence-corrected chi connectivity index (χ4v) is 4.41. The molecule has 0 fully saturated rings. The van der Waals surface area contributed by atoms with Crippen LogP contribution in [0.15, 0.2) is 96.4 Å². The summed E-state index contributed by atoms with van der Waals surface area (Å²) in [5.74, 6) is 0.274. The quantitative estimate of drug-likeness (QED) is 0.404.